The molecule has 12 aromatic rings. The van der Waals surface area contributed by atoms with E-state index in [9.17, 15) is 0 Å². The first-order valence-electron chi connectivity index (χ1n) is 22.4. The Kier molecular flexibility index (Phi) is 8.47. The smallest absolute Gasteiger partial charge is 0.135 e. The fourth-order valence-electron chi connectivity index (χ4n) is 10.9. The molecule has 0 N–H and O–H groups in total. The van der Waals surface area contributed by atoms with Gasteiger partial charge in [-0.25, -0.2) is 0 Å². The number of nitrogens with zero attached hydrogens (tertiary/aromatic N) is 1. The molecule has 1 aliphatic rings. The van der Waals surface area contributed by atoms with Gasteiger partial charge in [0.05, 0.1) is 5.41 Å². The number of furan rings is 1. The Hall–Kier alpha value is -8.46. The van der Waals surface area contributed by atoms with Crippen LogP contribution in [0.3, 0.4) is 0 Å². The molecule has 1 aromatic heterocycles. The normalized spacial score (nSPS) is 12.7. The second-order valence-electron chi connectivity index (χ2n) is 17.2. The van der Waals surface area contributed by atoms with Gasteiger partial charge in [-0.05, 0) is 126 Å². The number of rotatable bonds is 7. The van der Waals surface area contributed by atoms with Crippen LogP contribution >= 0.6 is 0 Å². The minimum Gasteiger partial charge on any atom is -0.456 e. The van der Waals surface area contributed by atoms with E-state index in [2.05, 4.69) is 248 Å². The van der Waals surface area contributed by atoms with Crippen molar-refractivity contribution >= 4 is 60.5 Å². The highest BCUT2D eigenvalue weighted by molar-refractivity contribution is 6.10. The van der Waals surface area contributed by atoms with Crippen LogP contribution in [0.5, 0.6) is 0 Å². The predicted molar refractivity (Wildman–Crippen MR) is 272 cm³/mol. The molecule has 0 saturated heterocycles. The van der Waals surface area contributed by atoms with Crippen LogP contribution in [-0.4, -0.2) is 0 Å². The van der Waals surface area contributed by atoms with Gasteiger partial charge in [0.15, 0.2) is 0 Å². The maximum absolute atomic E-state index is 6.36. The van der Waals surface area contributed by atoms with Crippen molar-refractivity contribution in [2.45, 2.75) is 5.41 Å². The zero-order chi connectivity index (χ0) is 42.9. The quantitative estimate of drug-likeness (QED) is 0.159. The van der Waals surface area contributed by atoms with E-state index in [1.165, 1.54) is 77.2 Å². The van der Waals surface area contributed by atoms with E-state index < -0.39 is 5.41 Å². The van der Waals surface area contributed by atoms with Gasteiger partial charge in [0.1, 0.15) is 11.2 Å². The van der Waals surface area contributed by atoms with Crippen molar-refractivity contribution in [1.82, 2.24) is 0 Å². The lowest BCUT2D eigenvalue weighted by Gasteiger charge is -2.35. The van der Waals surface area contributed by atoms with Gasteiger partial charge in [-0.2, -0.15) is 0 Å². The Morgan fingerprint density at radius 3 is 1.58 bits per heavy atom. The Morgan fingerprint density at radius 2 is 0.800 bits per heavy atom. The highest BCUT2D eigenvalue weighted by Gasteiger charge is 2.46. The number of hydrogen-bond donors (Lipinski definition) is 0. The summed E-state index contributed by atoms with van der Waals surface area (Å²) in [6, 6.07) is 90.9. The predicted octanol–water partition coefficient (Wildman–Crippen LogP) is 17.1. The van der Waals surface area contributed by atoms with Gasteiger partial charge in [-0.15, -0.1) is 0 Å². The molecule has 0 radical (unpaired) electrons. The van der Waals surface area contributed by atoms with Gasteiger partial charge >= 0.3 is 0 Å². The van der Waals surface area contributed by atoms with Crippen LogP contribution < -0.4 is 4.90 Å². The molecule has 0 unspecified atom stereocenters. The third-order valence-corrected chi connectivity index (χ3v) is 13.8. The zero-order valence-corrected chi connectivity index (χ0v) is 35.5. The van der Waals surface area contributed by atoms with Crippen LogP contribution in [0.2, 0.25) is 0 Å². The number of fused-ring (bicyclic) bond motifs is 8. The van der Waals surface area contributed by atoms with E-state index in [4.69, 9.17) is 4.42 Å². The molecule has 0 aliphatic heterocycles. The Labute approximate surface area is 377 Å². The number of benzene rings is 11. The molecule has 11 aromatic carbocycles. The topological polar surface area (TPSA) is 16.4 Å². The van der Waals surface area contributed by atoms with E-state index in [-0.39, 0.29) is 0 Å². The second-order valence-corrected chi connectivity index (χ2v) is 17.2. The molecule has 1 aliphatic carbocycles. The van der Waals surface area contributed by atoms with Crippen LogP contribution in [0, 0.1) is 0 Å². The van der Waals surface area contributed by atoms with Crippen LogP contribution in [0.4, 0.5) is 17.1 Å². The van der Waals surface area contributed by atoms with Crippen LogP contribution in [0.1, 0.15) is 22.3 Å². The van der Waals surface area contributed by atoms with Crippen molar-refractivity contribution in [2.75, 3.05) is 4.90 Å². The molecule has 0 spiro atoms. The minimum atomic E-state index is -0.524. The summed E-state index contributed by atoms with van der Waals surface area (Å²) in [4.78, 5) is 2.41. The standard InChI is InChI=1S/C63H41NO/c1-3-18-44(19-4-1)63(45-20-5-2-6-21-45)59-28-13-11-25-55(59)56-36-34-48(41-60(56)63)64(47-35-39-62-58(40-47)57-26-12-14-29-61(57)65-62)46-32-30-43(31-33-46)50-37-38-54(53-24-10-9-23-51(50)53)52-27-15-17-42-16-7-8-22-49(42)52/h1-41H. The lowest BCUT2D eigenvalue weighted by molar-refractivity contribution is 0.669. The SMILES string of the molecule is c1ccc(C2(c3ccccc3)c3ccccc3-c3ccc(N(c4ccc(-c5ccc(-c6cccc7ccccc67)c6ccccc56)cc4)c4ccc5oc6ccccc6c5c4)cc32)cc1. The fraction of sp³-hybridized carbons (Fsp3) is 0.0159. The third kappa shape index (κ3) is 5.74. The highest BCUT2D eigenvalue weighted by Crippen LogP contribution is 2.57. The molecule has 1 heterocycles. The summed E-state index contributed by atoms with van der Waals surface area (Å²) in [5.74, 6) is 0. The summed E-state index contributed by atoms with van der Waals surface area (Å²) >= 11 is 0. The molecule has 0 fully saturated rings. The summed E-state index contributed by atoms with van der Waals surface area (Å²) in [6.07, 6.45) is 0. The summed E-state index contributed by atoms with van der Waals surface area (Å²) in [5.41, 5.74) is 16.9. The van der Waals surface area contributed by atoms with Crippen LogP contribution in [-0.2, 0) is 5.41 Å². The average Bonchev–Trinajstić information content (AvgIpc) is 3.90. The molecular formula is C63H41NO. The van der Waals surface area contributed by atoms with Crippen molar-refractivity contribution in [3.8, 4) is 33.4 Å². The van der Waals surface area contributed by atoms with E-state index >= 15 is 0 Å². The number of anilines is 3. The van der Waals surface area contributed by atoms with Gasteiger partial charge in [-0.3, -0.25) is 0 Å². The van der Waals surface area contributed by atoms with E-state index in [1.807, 2.05) is 6.07 Å². The second kappa shape index (κ2) is 14.8. The Bertz CT molecular complexity index is 3730. The van der Waals surface area contributed by atoms with E-state index in [0.717, 1.165) is 39.0 Å². The van der Waals surface area contributed by atoms with Gasteiger partial charge < -0.3 is 9.32 Å². The first kappa shape index (κ1) is 37.1. The van der Waals surface area contributed by atoms with Crippen molar-refractivity contribution in [1.29, 1.82) is 0 Å². The summed E-state index contributed by atoms with van der Waals surface area (Å²) in [7, 11) is 0. The lowest BCUT2D eigenvalue weighted by Crippen LogP contribution is -2.28. The molecule has 0 saturated carbocycles. The monoisotopic (exact) mass is 827 g/mol. The third-order valence-electron chi connectivity index (χ3n) is 13.8. The summed E-state index contributed by atoms with van der Waals surface area (Å²) < 4.78 is 6.36. The Morgan fingerprint density at radius 1 is 0.292 bits per heavy atom. The van der Waals surface area contributed by atoms with Gasteiger partial charge in [0.2, 0.25) is 0 Å². The largest absolute Gasteiger partial charge is 0.456 e. The maximum atomic E-state index is 6.36. The molecular weight excluding hydrogens is 787 g/mol. The molecule has 13 rings (SSSR count). The first-order valence-corrected chi connectivity index (χ1v) is 22.4. The van der Waals surface area contributed by atoms with Crippen molar-refractivity contribution in [3.05, 3.63) is 271 Å². The van der Waals surface area contributed by atoms with Crippen molar-refractivity contribution < 1.29 is 4.42 Å². The summed E-state index contributed by atoms with van der Waals surface area (Å²) in [6.45, 7) is 0. The van der Waals surface area contributed by atoms with E-state index in [0.29, 0.717) is 0 Å². The van der Waals surface area contributed by atoms with Crippen LogP contribution in [0.15, 0.2) is 253 Å². The van der Waals surface area contributed by atoms with E-state index in [1.54, 1.807) is 0 Å². The molecule has 65 heavy (non-hydrogen) atoms. The molecule has 2 heteroatoms. The van der Waals surface area contributed by atoms with Gasteiger partial charge in [0, 0.05) is 27.8 Å². The first-order chi connectivity index (χ1) is 32.2. The van der Waals surface area contributed by atoms with Crippen molar-refractivity contribution in [3.63, 3.8) is 0 Å². The molecule has 0 amide bonds. The molecule has 2 nitrogen and oxygen atoms in total. The number of para-hydroxylation sites is 1. The maximum Gasteiger partial charge on any atom is 0.135 e. The minimum absolute atomic E-state index is 0.524. The Balaban J connectivity index is 0.999. The average molecular weight is 828 g/mol. The van der Waals surface area contributed by atoms with Gasteiger partial charge in [0.25, 0.3) is 0 Å². The fourth-order valence-corrected chi connectivity index (χ4v) is 10.9. The molecule has 0 atom stereocenters. The highest BCUT2D eigenvalue weighted by atomic mass is 16.3. The lowest BCUT2D eigenvalue weighted by atomic mass is 9.67. The summed E-state index contributed by atoms with van der Waals surface area (Å²) in [5, 5.41) is 7.18. The van der Waals surface area contributed by atoms with Crippen molar-refractivity contribution in [2.24, 2.45) is 0 Å². The molecule has 0 bridgehead atoms. The zero-order valence-electron chi connectivity index (χ0n) is 35.5. The van der Waals surface area contributed by atoms with Gasteiger partial charge in [-0.1, -0.05) is 200 Å². The van der Waals surface area contributed by atoms with Crippen LogP contribution in [0.25, 0.3) is 76.9 Å². The number of hydrogen-bond acceptors (Lipinski definition) is 2. The molecule has 304 valence electrons.